The maximum absolute atomic E-state index is 5.60. The Hall–Kier alpha value is -1.14. The molecule has 0 aliphatic carbocycles. The summed E-state index contributed by atoms with van der Waals surface area (Å²) < 4.78 is 8.42. The van der Waals surface area contributed by atoms with Crippen molar-refractivity contribution in [2.45, 2.75) is 51.7 Å². The van der Waals surface area contributed by atoms with Crippen molar-refractivity contribution in [3.05, 3.63) is 34.2 Å². The molecule has 0 bridgehead atoms. The van der Waals surface area contributed by atoms with Gasteiger partial charge in [0, 0.05) is 18.9 Å². The summed E-state index contributed by atoms with van der Waals surface area (Å²) in [6.45, 7) is 5.10. The van der Waals surface area contributed by atoms with Crippen molar-refractivity contribution < 1.29 is 4.42 Å². The van der Waals surface area contributed by atoms with Gasteiger partial charge in [0.25, 0.3) is 0 Å². The third kappa shape index (κ3) is 2.81. The second-order valence-electron chi connectivity index (χ2n) is 5.25. The molecule has 5 nitrogen and oxygen atoms in total. The van der Waals surface area contributed by atoms with Gasteiger partial charge in [-0.3, -0.25) is 0 Å². The molecule has 2 atom stereocenters. The fraction of sp³-hybridized carbons (Fsp3) is 0.571. The van der Waals surface area contributed by atoms with Gasteiger partial charge in [-0.05, 0) is 41.4 Å². The van der Waals surface area contributed by atoms with Crippen LogP contribution in [0.2, 0.25) is 0 Å². The highest BCUT2D eigenvalue weighted by atomic mass is 79.9. The first-order valence-corrected chi connectivity index (χ1v) is 7.89. The van der Waals surface area contributed by atoms with Gasteiger partial charge in [0.15, 0.2) is 10.5 Å². The molecular formula is C14H19BrN4O. The van der Waals surface area contributed by atoms with Gasteiger partial charge in [-0.2, -0.15) is 5.10 Å². The van der Waals surface area contributed by atoms with Crippen molar-refractivity contribution in [3.8, 4) is 0 Å². The van der Waals surface area contributed by atoms with Crippen molar-refractivity contribution in [3.63, 3.8) is 0 Å². The molecule has 6 heteroatoms. The summed E-state index contributed by atoms with van der Waals surface area (Å²) >= 11 is 3.34. The van der Waals surface area contributed by atoms with E-state index in [1.165, 1.54) is 0 Å². The first kappa shape index (κ1) is 13.8. The molecule has 2 aromatic rings. The van der Waals surface area contributed by atoms with E-state index in [9.17, 15) is 0 Å². The SMILES string of the molecule is CCc1nc2n(n1)CC(NC(C)c1ccc(Br)o1)CC2. The monoisotopic (exact) mass is 338 g/mol. The second kappa shape index (κ2) is 5.69. The van der Waals surface area contributed by atoms with Crippen molar-refractivity contribution in [1.29, 1.82) is 0 Å². The molecule has 108 valence electrons. The Labute approximate surface area is 126 Å². The standard InChI is InChI=1S/C14H19BrN4O/c1-3-13-17-14-7-4-10(8-19(14)18-13)16-9(2)11-5-6-12(15)20-11/h5-6,9-10,16H,3-4,7-8H2,1-2H3. The average molecular weight is 339 g/mol. The summed E-state index contributed by atoms with van der Waals surface area (Å²) in [6, 6.07) is 4.53. The van der Waals surface area contributed by atoms with E-state index >= 15 is 0 Å². The highest BCUT2D eigenvalue weighted by molar-refractivity contribution is 9.10. The molecule has 1 N–H and O–H groups in total. The summed E-state index contributed by atoms with van der Waals surface area (Å²) in [5, 5.41) is 8.15. The van der Waals surface area contributed by atoms with Gasteiger partial charge >= 0.3 is 0 Å². The van der Waals surface area contributed by atoms with Crippen LogP contribution in [0.1, 0.15) is 43.7 Å². The third-order valence-corrected chi connectivity index (χ3v) is 4.15. The minimum atomic E-state index is 0.196. The first-order valence-electron chi connectivity index (χ1n) is 7.09. The van der Waals surface area contributed by atoms with Gasteiger partial charge in [0.05, 0.1) is 12.6 Å². The van der Waals surface area contributed by atoms with Gasteiger partial charge in [0.2, 0.25) is 0 Å². The predicted molar refractivity (Wildman–Crippen MR) is 79.5 cm³/mol. The van der Waals surface area contributed by atoms with E-state index in [1.54, 1.807) is 0 Å². The molecule has 0 saturated heterocycles. The number of aryl methyl sites for hydroxylation is 2. The fourth-order valence-corrected chi connectivity index (χ4v) is 2.96. The van der Waals surface area contributed by atoms with Crippen LogP contribution in [-0.4, -0.2) is 20.8 Å². The van der Waals surface area contributed by atoms with E-state index in [0.29, 0.717) is 6.04 Å². The Morgan fingerprint density at radius 3 is 3.10 bits per heavy atom. The molecule has 1 aliphatic rings. The predicted octanol–water partition coefficient (Wildman–Crippen LogP) is 2.86. The zero-order valence-corrected chi connectivity index (χ0v) is 13.4. The summed E-state index contributed by atoms with van der Waals surface area (Å²) in [5.41, 5.74) is 0. The quantitative estimate of drug-likeness (QED) is 0.931. The molecule has 0 aromatic carbocycles. The molecule has 0 radical (unpaired) electrons. The highest BCUT2D eigenvalue weighted by Gasteiger charge is 2.23. The van der Waals surface area contributed by atoms with Gasteiger partial charge in [-0.25, -0.2) is 9.67 Å². The number of furan rings is 1. The molecule has 2 aromatic heterocycles. The Kier molecular flexibility index (Phi) is 3.94. The molecule has 0 fully saturated rings. The van der Waals surface area contributed by atoms with Crippen molar-refractivity contribution in [1.82, 2.24) is 20.1 Å². The summed E-state index contributed by atoms with van der Waals surface area (Å²) in [7, 11) is 0. The fourth-order valence-electron chi connectivity index (χ4n) is 2.64. The normalized spacial score (nSPS) is 19.9. The minimum Gasteiger partial charge on any atom is -0.453 e. The smallest absolute Gasteiger partial charge is 0.169 e. The maximum Gasteiger partial charge on any atom is 0.169 e. The maximum atomic E-state index is 5.60. The summed E-state index contributed by atoms with van der Waals surface area (Å²) in [4.78, 5) is 4.54. The number of hydrogen-bond donors (Lipinski definition) is 1. The van der Waals surface area contributed by atoms with Crippen LogP contribution in [-0.2, 0) is 19.4 Å². The zero-order valence-electron chi connectivity index (χ0n) is 11.8. The number of aromatic nitrogens is 3. The van der Waals surface area contributed by atoms with E-state index in [1.807, 2.05) is 16.8 Å². The molecule has 0 amide bonds. The minimum absolute atomic E-state index is 0.196. The summed E-state index contributed by atoms with van der Waals surface area (Å²) in [5.74, 6) is 3.02. The zero-order chi connectivity index (χ0) is 14.1. The van der Waals surface area contributed by atoms with E-state index in [0.717, 1.165) is 47.9 Å². The average Bonchev–Trinajstić information content (AvgIpc) is 3.03. The second-order valence-corrected chi connectivity index (χ2v) is 6.03. The van der Waals surface area contributed by atoms with Gasteiger partial charge in [0.1, 0.15) is 11.6 Å². The lowest BCUT2D eigenvalue weighted by molar-refractivity contribution is 0.312. The molecule has 3 rings (SSSR count). The summed E-state index contributed by atoms with van der Waals surface area (Å²) in [6.07, 6.45) is 2.97. The molecule has 0 spiro atoms. The van der Waals surface area contributed by atoms with Gasteiger partial charge in [-0.1, -0.05) is 6.92 Å². The van der Waals surface area contributed by atoms with Gasteiger partial charge < -0.3 is 9.73 Å². The van der Waals surface area contributed by atoms with E-state index in [4.69, 9.17) is 4.42 Å². The molecule has 0 saturated carbocycles. The number of nitrogens with one attached hydrogen (secondary N) is 1. The lowest BCUT2D eigenvalue weighted by Gasteiger charge is -2.26. The molecule has 20 heavy (non-hydrogen) atoms. The van der Waals surface area contributed by atoms with Crippen LogP contribution < -0.4 is 5.32 Å². The van der Waals surface area contributed by atoms with Gasteiger partial charge in [-0.15, -0.1) is 0 Å². The Bertz CT molecular complexity index is 592. The molecule has 2 unspecified atom stereocenters. The van der Waals surface area contributed by atoms with Crippen LogP contribution in [0.4, 0.5) is 0 Å². The molecule has 3 heterocycles. The Balaban J connectivity index is 1.65. The number of halogens is 1. The third-order valence-electron chi connectivity index (χ3n) is 3.72. The largest absolute Gasteiger partial charge is 0.453 e. The van der Waals surface area contributed by atoms with Crippen molar-refractivity contribution >= 4 is 15.9 Å². The van der Waals surface area contributed by atoms with E-state index in [2.05, 4.69) is 45.2 Å². The Morgan fingerprint density at radius 1 is 1.55 bits per heavy atom. The number of rotatable bonds is 4. The van der Waals surface area contributed by atoms with E-state index < -0.39 is 0 Å². The molecular weight excluding hydrogens is 320 g/mol. The van der Waals surface area contributed by atoms with Crippen LogP contribution in [0, 0.1) is 0 Å². The lowest BCUT2D eigenvalue weighted by Crippen LogP contribution is -2.39. The number of nitrogens with zero attached hydrogens (tertiary/aromatic N) is 3. The van der Waals surface area contributed by atoms with Crippen LogP contribution >= 0.6 is 15.9 Å². The van der Waals surface area contributed by atoms with Crippen molar-refractivity contribution in [2.24, 2.45) is 0 Å². The van der Waals surface area contributed by atoms with Crippen molar-refractivity contribution in [2.75, 3.05) is 0 Å². The molecule has 1 aliphatic heterocycles. The lowest BCUT2D eigenvalue weighted by atomic mass is 10.1. The van der Waals surface area contributed by atoms with E-state index in [-0.39, 0.29) is 6.04 Å². The number of hydrogen-bond acceptors (Lipinski definition) is 4. The first-order chi connectivity index (χ1) is 9.65. The number of fused-ring (bicyclic) bond motifs is 1. The van der Waals surface area contributed by atoms with Crippen LogP contribution in [0.5, 0.6) is 0 Å². The van der Waals surface area contributed by atoms with Crippen LogP contribution in [0.15, 0.2) is 21.2 Å². The topological polar surface area (TPSA) is 55.9 Å². The Morgan fingerprint density at radius 2 is 2.40 bits per heavy atom. The van der Waals surface area contributed by atoms with Crippen LogP contribution in [0.3, 0.4) is 0 Å². The van der Waals surface area contributed by atoms with Crippen LogP contribution in [0.25, 0.3) is 0 Å². The highest BCUT2D eigenvalue weighted by Crippen LogP contribution is 2.22.